The lowest BCUT2D eigenvalue weighted by Crippen LogP contribution is -2.44. The Morgan fingerprint density at radius 2 is 1.53 bits per heavy atom. The first-order valence-corrected chi connectivity index (χ1v) is 7.86. The van der Waals surface area contributed by atoms with Crippen LogP contribution in [0.5, 0.6) is 0 Å². The van der Waals surface area contributed by atoms with Crippen molar-refractivity contribution >= 4 is 21.8 Å². The van der Waals surface area contributed by atoms with Crippen LogP contribution in [0, 0.1) is 0 Å². The highest BCUT2D eigenvalue weighted by Gasteiger charge is 2.29. The third-order valence-electron chi connectivity index (χ3n) is 3.52. The monoisotopic (exact) mass is 304 g/mol. The van der Waals surface area contributed by atoms with E-state index in [9.17, 15) is 8.42 Å². The predicted molar refractivity (Wildman–Crippen MR) is 79.7 cm³/mol. The van der Waals surface area contributed by atoms with Gasteiger partial charge in [0.25, 0.3) is 10.2 Å². The molecule has 1 rings (SSSR count). The van der Waals surface area contributed by atoms with Crippen molar-refractivity contribution in [1.29, 1.82) is 0 Å². The van der Waals surface area contributed by atoms with Crippen LogP contribution in [0.15, 0.2) is 24.3 Å². The summed E-state index contributed by atoms with van der Waals surface area (Å²) in [5.41, 5.74) is 1.07. The lowest BCUT2D eigenvalue weighted by Gasteiger charge is -2.31. The number of benzene rings is 1. The molecule has 0 heterocycles. The van der Waals surface area contributed by atoms with Crippen LogP contribution in [-0.2, 0) is 10.2 Å². The summed E-state index contributed by atoms with van der Waals surface area (Å²) < 4.78 is 26.8. The maximum absolute atomic E-state index is 12.1. The highest BCUT2D eigenvalue weighted by Crippen LogP contribution is 2.25. The summed E-state index contributed by atoms with van der Waals surface area (Å²) in [6.45, 7) is 3.91. The van der Waals surface area contributed by atoms with E-state index in [4.69, 9.17) is 11.6 Å². The maximum atomic E-state index is 12.1. The molecule has 0 aliphatic heterocycles. The van der Waals surface area contributed by atoms with E-state index in [2.05, 4.69) is 0 Å². The largest absolute Gasteiger partial charge is 0.281 e. The molecule has 108 valence electrons. The van der Waals surface area contributed by atoms with Gasteiger partial charge in [-0.25, -0.2) is 0 Å². The topological polar surface area (TPSA) is 40.6 Å². The van der Waals surface area contributed by atoms with Gasteiger partial charge < -0.3 is 0 Å². The van der Waals surface area contributed by atoms with Crippen LogP contribution in [0.25, 0.3) is 0 Å². The molecule has 0 unspecified atom stereocenters. The normalized spacial score (nSPS) is 15.8. The Kier molecular flexibility index (Phi) is 5.38. The van der Waals surface area contributed by atoms with E-state index < -0.39 is 10.2 Å². The highest BCUT2D eigenvalue weighted by molar-refractivity contribution is 7.86. The minimum Gasteiger partial charge on any atom is -0.195 e. The SMILES string of the molecule is C[C@H](c1ccc(Cl)cc1)[C@@H](C)N(C)S(=O)(=O)N(C)C. The minimum absolute atomic E-state index is 0.0805. The molecule has 0 spiro atoms. The van der Waals surface area contributed by atoms with Gasteiger partial charge in [0, 0.05) is 32.2 Å². The average molecular weight is 305 g/mol. The van der Waals surface area contributed by atoms with E-state index in [-0.39, 0.29) is 12.0 Å². The van der Waals surface area contributed by atoms with Crippen LogP contribution >= 0.6 is 11.6 Å². The van der Waals surface area contributed by atoms with Crippen molar-refractivity contribution in [3.63, 3.8) is 0 Å². The second-order valence-electron chi connectivity index (χ2n) is 4.89. The zero-order chi connectivity index (χ0) is 14.8. The Labute approximate surface area is 121 Å². The Hall–Kier alpha value is -0.620. The second-order valence-corrected chi connectivity index (χ2v) is 7.53. The van der Waals surface area contributed by atoms with Gasteiger partial charge in [0.1, 0.15) is 0 Å². The molecule has 0 aliphatic rings. The van der Waals surface area contributed by atoms with Gasteiger partial charge in [0.05, 0.1) is 0 Å². The van der Waals surface area contributed by atoms with Gasteiger partial charge in [0.15, 0.2) is 0 Å². The van der Waals surface area contributed by atoms with Crippen molar-refractivity contribution in [2.45, 2.75) is 25.8 Å². The molecule has 19 heavy (non-hydrogen) atoms. The van der Waals surface area contributed by atoms with Crippen molar-refractivity contribution in [3.05, 3.63) is 34.9 Å². The second kappa shape index (κ2) is 6.22. The first-order chi connectivity index (χ1) is 8.67. The third-order valence-corrected chi connectivity index (χ3v) is 5.75. The van der Waals surface area contributed by atoms with Crippen LogP contribution in [0.1, 0.15) is 25.3 Å². The van der Waals surface area contributed by atoms with Crippen molar-refractivity contribution in [1.82, 2.24) is 8.61 Å². The van der Waals surface area contributed by atoms with Crippen molar-refractivity contribution in [3.8, 4) is 0 Å². The molecule has 1 aromatic carbocycles. The summed E-state index contributed by atoms with van der Waals surface area (Å²) >= 11 is 5.86. The Bertz CT molecular complexity index is 514. The maximum Gasteiger partial charge on any atom is 0.281 e. The van der Waals surface area contributed by atoms with Crippen LogP contribution in [-0.4, -0.2) is 44.2 Å². The predicted octanol–water partition coefficient (Wildman–Crippen LogP) is 2.57. The molecular weight excluding hydrogens is 284 g/mol. The van der Waals surface area contributed by atoms with Crippen LogP contribution in [0.4, 0.5) is 0 Å². The highest BCUT2D eigenvalue weighted by atomic mass is 35.5. The fourth-order valence-electron chi connectivity index (χ4n) is 1.83. The molecule has 0 fully saturated rings. The number of hydrogen-bond acceptors (Lipinski definition) is 2. The first-order valence-electron chi connectivity index (χ1n) is 6.09. The van der Waals surface area contributed by atoms with E-state index in [0.29, 0.717) is 5.02 Å². The molecule has 0 aromatic heterocycles. The molecule has 0 N–H and O–H groups in total. The van der Waals surface area contributed by atoms with Crippen molar-refractivity contribution < 1.29 is 8.42 Å². The van der Waals surface area contributed by atoms with Crippen LogP contribution < -0.4 is 0 Å². The summed E-state index contributed by atoms with van der Waals surface area (Å²) in [6, 6.07) is 7.36. The fraction of sp³-hybridized carbons (Fsp3) is 0.538. The number of hydrogen-bond donors (Lipinski definition) is 0. The van der Waals surface area contributed by atoms with Gasteiger partial charge in [-0.1, -0.05) is 30.7 Å². The number of likely N-dealkylation sites (N-methyl/N-ethyl adjacent to an activating group) is 1. The molecule has 0 amide bonds. The molecular formula is C13H21ClN2O2S. The summed E-state index contributed by atoms with van der Waals surface area (Å²) in [7, 11) is 1.27. The Morgan fingerprint density at radius 1 is 1.05 bits per heavy atom. The van der Waals surface area contributed by atoms with E-state index in [1.165, 1.54) is 22.7 Å². The molecule has 0 aliphatic carbocycles. The molecule has 1 aromatic rings. The summed E-state index contributed by atoms with van der Waals surface area (Å²) in [4.78, 5) is 0. The van der Waals surface area contributed by atoms with Gasteiger partial charge in [0.2, 0.25) is 0 Å². The van der Waals surface area contributed by atoms with Gasteiger partial charge >= 0.3 is 0 Å². The van der Waals surface area contributed by atoms with Gasteiger partial charge in [-0.05, 0) is 30.5 Å². The quantitative estimate of drug-likeness (QED) is 0.839. The average Bonchev–Trinajstić information content (AvgIpc) is 2.36. The lowest BCUT2D eigenvalue weighted by atomic mass is 9.95. The van der Waals surface area contributed by atoms with Gasteiger partial charge in [-0.2, -0.15) is 17.0 Å². The standard InChI is InChI=1S/C13H21ClN2O2S/c1-10(12-6-8-13(14)9-7-12)11(2)16(5)19(17,18)15(3)4/h6-11H,1-5H3/t10-,11+/m0/s1. The molecule has 0 saturated carbocycles. The number of halogens is 1. The summed E-state index contributed by atoms with van der Waals surface area (Å²) in [6.07, 6.45) is 0. The van der Waals surface area contributed by atoms with Crippen molar-refractivity contribution in [2.24, 2.45) is 0 Å². The Balaban J connectivity index is 2.94. The molecule has 6 heteroatoms. The minimum atomic E-state index is -3.40. The van der Waals surface area contributed by atoms with E-state index in [0.717, 1.165) is 5.56 Å². The van der Waals surface area contributed by atoms with E-state index in [1.807, 2.05) is 38.1 Å². The molecule has 0 bridgehead atoms. The van der Waals surface area contributed by atoms with Crippen LogP contribution in [0.3, 0.4) is 0 Å². The Morgan fingerprint density at radius 3 is 1.95 bits per heavy atom. The van der Waals surface area contributed by atoms with Crippen molar-refractivity contribution in [2.75, 3.05) is 21.1 Å². The zero-order valence-corrected chi connectivity index (χ0v) is 13.5. The summed E-state index contributed by atoms with van der Waals surface area (Å²) in [5, 5.41) is 0.679. The van der Waals surface area contributed by atoms with E-state index >= 15 is 0 Å². The number of nitrogens with zero attached hydrogens (tertiary/aromatic N) is 2. The van der Waals surface area contributed by atoms with Gasteiger partial charge in [-0.3, -0.25) is 0 Å². The first kappa shape index (κ1) is 16.4. The molecule has 0 saturated heterocycles. The third kappa shape index (κ3) is 3.69. The molecule has 2 atom stereocenters. The van der Waals surface area contributed by atoms with E-state index in [1.54, 1.807) is 7.05 Å². The van der Waals surface area contributed by atoms with Gasteiger partial charge in [-0.15, -0.1) is 0 Å². The fourth-order valence-corrected chi connectivity index (χ4v) is 3.07. The van der Waals surface area contributed by atoms with Crippen LogP contribution in [0.2, 0.25) is 5.02 Å². The molecule has 4 nitrogen and oxygen atoms in total. The lowest BCUT2D eigenvalue weighted by molar-refractivity contribution is 0.328. The zero-order valence-electron chi connectivity index (χ0n) is 12.0. The summed E-state index contributed by atoms with van der Waals surface area (Å²) in [5.74, 6) is 0.0805. The number of rotatable bonds is 5. The smallest absolute Gasteiger partial charge is 0.195 e. The molecule has 0 radical (unpaired) electrons.